The van der Waals surface area contributed by atoms with Crippen molar-refractivity contribution in [1.82, 2.24) is 0 Å². The van der Waals surface area contributed by atoms with Gasteiger partial charge in [-0.15, -0.1) is 0 Å². The van der Waals surface area contributed by atoms with Crippen molar-refractivity contribution in [2.24, 2.45) is 17.8 Å². The molecule has 0 bridgehead atoms. The molecular formula is C67H78O15. The summed E-state index contributed by atoms with van der Waals surface area (Å²) in [6.07, 6.45) is -10.7. The highest BCUT2D eigenvalue weighted by Gasteiger charge is 2.61. The fourth-order valence-corrected chi connectivity index (χ4v) is 11.6. The SMILES string of the molecule is CC1O[C@@H](O)[C@@H](C)C(O[C@@H]2OC(COCc3ccccc3)[C@@H](OCc3ccccc3)C(OCc3ccccc3)[C@H]2C)[C@H]1O[C@@H]1OC[C@@H](C)C(O[C@@H]2OC[C@]3(COCc4ccccc4)O[C@@H](c4ccccc4)OC23)[C@H]1OCc1ccccc1. The molecule has 0 aromatic heterocycles. The van der Waals surface area contributed by atoms with Crippen LogP contribution in [-0.2, 0) is 99.4 Å². The predicted octanol–water partition coefficient (Wildman–Crippen LogP) is 10.3. The number of benzene rings is 6. The third-order valence-electron chi connectivity index (χ3n) is 16.3. The first-order chi connectivity index (χ1) is 40.2. The zero-order chi connectivity index (χ0) is 56.3. The van der Waals surface area contributed by atoms with E-state index in [0.29, 0.717) is 26.4 Å². The summed E-state index contributed by atoms with van der Waals surface area (Å²) in [6, 6.07) is 60.0. The van der Waals surface area contributed by atoms with Crippen molar-refractivity contribution < 1.29 is 71.4 Å². The highest BCUT2D eigenvalue weighted by Crippen LogP contribution is 2.47. The first-order valence-corrected chi connectivity index (χ1v) is 28.9. The van der Waals surface area contributed by atoms with E-state index in [4.69, 9.17) is 66.3 Å². The zero-order valence-corrected chi connectivity index (χ0v) is 47.2. The second kappa shape index (κ2) is 28.1. The minimum atomic E-state index is -1.19. The van der Waals surface area contributed by atoms with E-state index < -0.39 is 104 Å². The van der Waals surface area contributed by atoms with Gasteiger partial charge in [-0.25, -0.2) is 0 Å². The molecule has 0 saturated carbocycles. The molecule has 6 aromatic carbocycles. The van der Waals surface area contributed by atoms with Crippen molar-refractivity contribution in [3.05, 3.63) is 215 Å². The molecule has 82 heavy (non-hydrogen) atoms. The largest absolute Gasteiger partial charge is 0.374 e. The van der Waals surface area contributed by atoms with Crippen LogP contribution in [0, 0.1) is 17.8 Å². The maximum Gasteiger partial charge on any atom is 0.187 e. The Morgan fingerprint density at radius 1 is 0.451 bits per heavy atom. The van der Waals surface area contributed by atoms with E-state index in [2.05, 4.69) is 13.8 Å². The second-order valence-corrected chi connectivity index (χ2v) is 22.4. The lowest BCUT2D eigenvalue weighted by atomic mass is 9.89. The van der Waals surface area contributed by atoms with E-state index in [0.717, 1.165) is 33.4 Å². The number of rotatable bonds is 24. The van der Waals surface area contributed by atoms with Gasteiger partial charge < -0.3 is 71.4 Å². The van der Waals surface area contributed by atoms with Gasteiger partial charge in [0, 0.05) is 23.3 Å². The summed E-state index contributed by atoms with van der Waals surface area (Å²) in [4.78, 5) is 0. The molecule has 15 heteroatoms. The smallest absolute Gasteiger partial charge is 0.187 e. The van der Waals surface area contributed by atoms with Crippen molar-refractivity contribution >= 4 is 0 Å². The number of aliphatic hydroxyl groups excluding tert-OH is 1. The topological polar surface area (TPSA) is 149 Å². The van der Waals surface area contributed by atoms with Crippen molar-refractivity contribution in [3.8, 4) is 0 Å². The number of hydrogen-bond donors (Lipinski definition) is 1. The first kappa shape index (κ1) is 58.5. The van der Waals surface area contributed by atoms with E-state index in [-0.39, 0.29) is 39.0 Å². The minimum Gasteiger partial charge on any atom is -0.374 e. The maximum absolute atomic E-state index is 11.6. The molecule has 6 aromatic rings. The van der Waals surface area contributed by atoms with Crippen molar-refractivity contribution in [2.45, 2.75) is 153 Å². The van der Waals surface area contributed by atoms with Gasteiger partial charge in [-0.2, -0.15) is 0 Å². The Balaban J connectivity index is 0.860. The predicted molar refractivity (Wildman–Crippen MR) is 302 cm³/mol. The Kier molecular flexibility index (Phi) is 20.0. The monoisotopic (exact) mass is 1120 g/mol. The molecule has 0 amide bonds. The van der Waals surface area contributed by atoms with Gasteiger partial charge in [0.2, 0.25) is 0 Å². The van der Waals surface area contributed by atoms with E-state index in [1.54, 1.807) is 0 Å². The molecule has 18 atom stereocenters. The molecule has 1 N–H and O–H groups in total. The Hall–Kier alpha value is -5.28. The van der Waals surface area contributed by atoms with Crippen LogP contribution in [0.3, 0.4) is 0 Å². The van der Waals surface area contributed by atoms with E-state index >= 15 is 0 Å². The summed E-state index contributed by atoms with van der Waals surface area (Å²) in [5.41, 5.74) is 4.95. The normalized spacial score (nSPS) is 33.7. The van der Waals surface area contributed by atoms with E-state index in [1.807, 2.05) is 196 Å². The van der Waals surface area contributed by atoms with Crippen LogP contribution in [-0.4, -0.2) is 117 Å². The molecule has 15 nitrogen and oxygen atoms in total. The fourth-order valence-electron chi connectivity index (χ4n) is 11.6. The molecule has 0 radical (unpaired) electrons. The first-order valence-electron chi connectivity index (χ1n) is 28.9. The van der Waals surface area contributed by atoms with Crippen molar-refractivity contribution in [2.75, 3.05) is 26.4 Å². The molecule has 436 valence electrons. The molecule has 5 heterocycles. The standard InChI is InChI=1S/C67H78O15/c1-44-35-74-65(60(73-40-52-31-19-9-20-32-52)55(44)78-66-61-67(43-75-66,42-70-37-49-25-13-6-14-26-49)82-64(81-61)53-33-21-10-22-34-53)80-58-47(4)76-62(68)45(2)57(58)79-63-46(3)56(71-38-50-27-15-7-16-28-50)59(72-39-51-29-17-8-18-30-51)54(77-63)41-69-36-48-23-11-5-12-24-48/h5-34,44-47,54-66,68H,35-43H2,1-4H3/t44-,45+,46-,47?,54?,55?,56?,57?,58+,59-,60-,61?,62-,63+,64+,65+,66+,67+/m1/s1. The van der Waals surface area contributed by atoms with Crippen LogP contribution in [0.15, 0.2) is 182 Å². The van der Waals surface area contributed by atoms with E-state index in [1.165, 1.54) is 0 Å². The van der Waals surface area contributed by atoms with Gasteiger partial charge in [0.25, 0.3) is 0 Å². The molecule has 5 aliphatic heterocycles. The van der Waals surface area contributed by atoms with Gasteiger partial charge in [-0.05, 0) is 34.7 Å². The number of fused-ring (bicyclic) bond motifs is 1. The minimum absolute atomic E-state index is 0.170. The van der Waals surface area contributed by atoms with Crippen LogP contribution in [0.5, 0.6) is 0 Å². The highest BCUT2D eigenvalue weighted by atomic mass is 16.8. The van der Waals surface area contributed by atoms with Crippen LogP contribution in [0.25, 0.3) is 0 Å². The molecule has 0 spiro atoms. The van der Waals surface area contributed by atoms with Gasteiger partial charge in [0.05, 0.1) is 83.9 Å². The van der Waals surface area contributed by atoms with Gasteiger partial charge >= 0.3 is 0 Å². The quantitative estimate of drug-likeness (QED) is 0.0612. The summed E-state index contributed by atoms with van der Waals surface area (Å²) in [5.74, 6) is -1.19. The maximum atomic E-state index is 11.6. The molecular weight excluding hydrogens is 1040 g/mol. The van der Waals surface area contributed by atoms with Gasteiger partial charge in [-0.1, -0.05) is 203 Å². The fraction of sp³-hybridized carbons (Fsp3) is 0.463. The summed E-state index contributed by atoms with van der Waals surface area (Å²) in [7, 11) is 0. The van der Waals surface area contributed by atoms with Gasteiger partial charge in [0.15, 0.2) is 31.5 Å². The molecule has 0 aliphatic carbocycles. The average molecular weight is 1120 g/mol. The number of hydrogen-bond acceptors (Lipinski definition) is 15. The van der Waals surface area contributed by atoms with Crippen LogP contribution in [0.4, 0.5) is 0 Å². The summed E-state index contributed by atoms with van der Waals surface area (Å²) in [5, 5.41) is 11.6. The lowest BCUT2D eigenvalue weighted by Crippen LogP contribution is -2.63. The van der Waals surface area contributed by atoms with Crippen LogP contribution < -0.4 is 0 Å². The molecule has 5 aliphatic rings. The second-order valence-electron chi connectivity index (χ2n) is 22.4. The lowest BCUT2D eigenvalue weighted by Gasteiger charge is -2.50. The average Bonchev–Trinajstić information content (AvgIpc) is 3.77. The van der Waals surface area contributed by atoms with E-state index in [9.17, 15) is 5.11 Å². The van der Waals surface area contributed by atoms with Crippen LogP contribution in [0.1, 0.15) is 67.4 Å². The van der Waals surface area contributed by atoms with Crippen molar-refractivity contribution in [3.63, 3.8) is 0 Å². The molecule has 11 rings (SSSR count). The third kappa shape index (κ3) is 14.3. The molecule has 5 saturated heterocycles. The number of aliphatic hydroxyl groups is 1. The molecule has 5 fully saturated rings. The van der Waals surface area contributed by atoms with Crippen LogP contribution >= 0.6 is 0 Å². The van der Waals surface area contributed by atoms with Gasteiger partial charge in [-0.3, -0.25) is 0 Å². The van der Waals surface area contributed by atoms with Crippen LogP contribution in [0.2, 0.25) is 0 Å². The highest BCUT2D eigenvalue weighted by molar-refractivity contribution is 5.20. The zero-order valence-electron chi connectivity index (χ0n) is 47.2. The Labute approximate surface area is 481 Å². The Morgan fingerprint density at radius 3 is 1.51 bits per heavy atom. The summed E-state index contributed by atoms with van der Waals surface area (Å²) < 4.78 is 95.4. The lowest BCUT2D eigenvalue weighted by molar-refractivity contribution is -0.372. The number of ether oxygens (including phenoxy) is 14. The van der Waals surface area contributed by atoms with Gasteiger partial charge in [0.1, 0.15) is 36.1 Å². The molecule has 6 unspecified atom stereocenters. The van der Waals surface area contributed by atoms with Crippen molar-refractivity contribution in [1.29, 1.82) is 0 Å². The third-order valence-corrected chi connectivity index (χ3v) is 16.3. The Bertz CT molecular complexity index is 2810. The summed E-state index contributed by atoms with van der Waals surface area (Å²) >= 11 is 0. The Morgan fingerprint density at radius 2 is 0.939 bits per heavy atom. The summed E-state index contributed by atoms with van der Waals surface area (Å²) in [6.45, 7) is 10.3.